The Labute approximate surface area is 205 Å². The summed E-state index contributed by atoms with van der Waals surface area (Å²) in [5.41, 5.74) is -0.791. The highest BCUT2D eigenvalue weighted by molar-refractivity contribution is 7.92. The summed E-state index contributed by atoms with van der Waals surface area (Å²) in [6, 6.07) is 15.6. The Bertz CT molecular complexity index is 1690. The third kappa shape index (κ3) is 5.60. The second-order valence-corrected chi connectivity index (χ2v) is 11.8. The van der Waals surface area contributed by atoms with Crippen molar-refractivity contribution in [2.24, 2.45) is 0 Å². The van der Waals surface area contributed by atoms with Crippen molar-refractivity contribution in [3.8, 4) is 22.6 Å². The second kappa shape index (κ2) is 9.10. The van der Waals surface area contributed by atoms with E-state index in [1.165, 1.54) is 36.4 Å². The predicted octanol–water partition coefficient (Wildman–Crippen LogP) is 5.49. The lowest BCUT2D eigenvalue weighted by molar-refractivity contribution is -0.136. The molecule has 0 saturated carbocycles. The Kier molecular flexibility index (Phi) is 6.43. The van der Waals surface area contributed by atoms with E-state index in [-0.39, 0.29) is 38.5 Å². The normalized spacial score (nSPS) is 12.5. The molecule has 1 heterocycles. The molecule has 3 aromatic carbocycles. The molecule has 36 heavy (non-hydrogen) atoms. The van der Waals surface area contributed by atoms with Gasteiger partial charge in [-0.3, -0.25) is 9.71 Å². The van der Waals surface area contributed by atoms with Gasteiger partial charge in [-0.2, -0.15) is 13.2 Å². The summed E-state index contributed by atoms with van der Waals surface area (Å²) >= 11 is 0. The number of nitrogens with zero attached hydrogens (tertiary/aromatic N) is 1. The van der Waals surface area contributed by atoms with Gasteiger partial charge in [0, 0.05) is 17.2 Å². The Morgan fingerprint density at radius 1 is 0.861 bits per heavy atom. The van der Waals surface area contributed by atoms with Crippen LogP contribution >= 0.6 is 0 Å². The lowest BCUT2D eigenvalue weighted by atomic mass is 9.97. The number of benzene rings is 3. The number of hydrogen-bond donors (Lipinski definition) is 1. The maximum Gasteiger partial charge on any atom is 0.418 e. The molecule has 7 nitrogen and oxygen atoms in total. The molecule has 1 N–H and O–H groups in total. The number of rotatable bonds is 6. The van der Waals surface area contributed by atoms with Gasteiger partial charge in [0.25, 0.3) is 0 Å². The summed E-state index contributed by atoms with van der Waals surface area (Å²) in [5, 5.41) is 0.0784. The van der Waals surface area contributed by atoms with Gasteiger partial charge in [0.2, 0.25) is 10.0 Å². The number of sulfonamides is 1. The van der Waals surface area contributed by atoms with Crippen LogP contribution in [0, 0.1) is 0 Å². The number of sulfone groups is 1. The Morgan fingerprint density at radius 3 is 2.14 bits per heavy atom. The van der Waals surface area contributed by atoms with Crippen LogP contribution in [0.15, 0.2) is 77.8 Å². The molecule has 0 radical (unpaired) electrons. The lowest BCUT2D eigenvalue weighted by Gasteiger charge is -2.17. The first kappa shape index (κ1) is 25.5. The van der Waals surface area contributed by atoms with Crippen LogP contribution in [0.5, 0.6) is 11.5 Å². The molecule has 1 aromatic heterocycles. The molecular formula is C24H19F3N2O5S2. The van der Waals surface area contributed by atoms with Gasteiger partial charge in [-0.05, 0) is 42.0 Å². The first-order valence-electron chi connectivity index (χ1n) is 10.3. The summed E-state index contributed by atoms with van der Waals surface area (Å²) < 4.78 is 96.7. The summed E-state index contributed by atoms with van der Waals surface area (Å²) in [7, 11) is -7.27. The van der Waals surface area contributed by atoms with E-state index in [1.54, 1.807) is 24.3 Å². The number of para-hydroxylation sites is 1. The number of anilines is 1. The zero-order valence-electron chi connectivity index (χ0n) is 18.9. The number of fused-ring (bicyclic) bond motifs is 1. The zero-order valence-corrected chi connectivity index (χ0v) is 20.5. The minimum absolute atomic E-state index is 0.0134. The standard InChI is InChI=1S/C24H19F3N2O5S2/c1-35(30,31)18-9-4-8-17(13-18)34-16-7-3-6-15(12-16)22-19-10-5-11-20(24(25,26)27)23(19)28-14-21(22)29-36(2,32)33/h3-14,29H,1-2H3. The Morgan fingerprint density at radius 2 is 1.50 bits per heavy atom. The van der Waals surface area contributed by atoms with Crippen molar-refractivity contribution in [1.82, 2.24) is 4.98 Å². The minimum atomic E-state index is -4.68. The monoisotopic (exact) mass is 536 g/mol. The van der Waals surface area contributed by atoms with Crippen LogP contribution in [-0.4, -0.2) is 34.3 Å². The lowest BCUT2D eigenvalue weighted by Crippen LogP contribution is -2.12. The van der Waals surface area contributed by atoms with E-state index in [0.29, 0.717) is 5.56 Å². The molecule has 12 heteroatoms. The van der Waals surface area contributed by atoms with Crippen molar-refractivity contribution in [2.45, 2.75) is 11.1 Å². The SMILES string of the molecule is CS(=O)(=O)Nc1cnc2c(C(F)(F)F)cccc2c1-c1cccc(Oc2cccc(S(C)(=O)=O)c2)c1. The van der Waals surface area contributed by atoms with E-state index < -0.39 is 31.6 Å². The van der Waals surface area contributed by atoms with Crippen molar-refractivity contribution in [2.75, 3.05) is 17.2 Å². The summed E-state index contributed by atoms with van der Waals surface area (Å²) in [4.78, 5) is 3.96. The summed E-state index contributed by atoms with van der Waals surface area (Å²) in [6.45, 7) is 0. The molecule has 0 amide bonds. The first-order valence-corrected chi connectivity index (χ1v) is 14.1. The molecule has 0 unspecified atom stereocenters. The van der Waals surface area contributed by atoms with Gasteiger partial charge in [-0.15, -0.1) is 0 Å². The smallest absolute Gasteiger partial charge is 0.418 e. The highest BCUT2D eigenvalue weighted by Crippen LogP contribution is 2.41. The van der Waals surface area contributed by atoms with E-state index in [0.717, 1.165) is 24.8 Å². The second-order valence-electron chi connectivity index (χ2n) is 8.00. The quantitative estimate of drug-likeness (QED) is 0.350. The average molecular weight is 537 g/mol. The van der Waals surface area contributed by atoms with Crippen molar-refractivity contribution in [3.05, 3.63) is 78.5 Å². The number of pyridine rings is 1. The van der Waals surface area contributed by atoms with E-state index in [2.05, 4.69) is 9.71 Å². The number of ether oxygens (including phenoxy) is 1. The van der Waals surface area contributed by atoms with Gasteiger partial charge in [-0.25, -0.2) is 16.8 Å². The van der Waals surface area contributed by atoms with Crippen molar-refractivity contribution < 1.29 is 34.7 Å². The molecule has 0 aliphatic heterocycles. The van der Waals surface area contributed by atoms with Crippen LogP contribution in [0.3, 0.4) is 0 Å². The Hall–Kier alpha value is -3.64. The third-order valence-electron chi connectivity index (χ3n) is 5.09. The zero-order chi connectivity index (χ0) is 26.3. The third-order valence-corrected chi connectivity index (χ3v) is 6.79. The highest BCUT2D eigenvalue weighted by Gasteiger charge is 2.33. The molecule has 188 valence electrons. The molecule has 0 fully saturated rings. The van der Waals surface area contributed by atoms with Gasteiger partial charge < -0.3 is 4.74 Å². The van der Waals surface area contributed by atoms with E-state index in [9.17, 15) is 30.0 Å². The van der Waals surface area contributed by atoms with Crippen molar-refractivity contribution in [3.63, 3.8) is 0 Å². The van der Waals surface area contributed by atoms with Crippen LogP contribution in [0.25, 0.3) is 22.0 Å². The molecule has 0 aliphatic rings. The van der Waals surface area contributed by atoms with Crippen LogP contribution in [0.4, 0.5) is 18.9 Å². The van der Waals surface area contributed by atoms with E-state index >= 15 is 0 Å². The number of nitrogens with one attached hydrogen (secondary N) is 1. The molecule has 4 rings (SSSR count). The summed E-state index contributed by atoms with van der Waals surface area (Å²) in [6.07, 6.45) is -1.66. The number of aromatic nitrogens is 1. The van der Waals surface area contributed by atoms with Gasteiger partial charge in [-0.1, -0.05) is 30.3 Å². The Balaban J connectivity index is 1.89. The maximum atomic E-state index is 13.6. The van der Waals surface area contributed by atoms with Gasteiger partial charge in [0.15, 0.2) is 9.84 Å². The predicted molar refractivity (Wildman–Crippen MR) is 130 cm³/mol. The van der Waals surface area contributed by atoms with Crippen LogP contribution in [-0.2, 0) is 26.0 Å². The minimum Gasteiger partial charge on any atom is -0.457 e. The fourth-order valence-corrected chi connectivity index (χ4v) is 4.87. The van der Waals surface area contributed by atoms with Crippen LogP contribution in [0.1, 0.15) is 5.56 Å². The number of hydrogen-bond acceptors (Lipinski definition) is 6. The molecule has 0 bridgehead atoms. The molecule has 0 aliphatic carbocycles. The maximum absolute atomic E-state index is 13.6. The van der Waals surface area contributed by atoms with Gasteiger partial charge in [0.1, 0.15) is 11.5 Å². The molecule has 0 saturated heterocycles. The van der Waals surface area contributed by atoms with Gasteiger partial charge in [0.05, 0.1) is 34.1 Å². The van der Waals surface area contributed by atoms with Crippen molar-refractivity contribution in [1.29, 1.82) is 0 Å². The molecule has 4 aromatic rings. The highest BCUT2D eigenvalue weighted by atomic mass is 32.2. The molecule has 0 atom stereocenters. The fourth-order valence-electron chi connectivity index (χ4n) is 3.66. The largest absolute Gasteiger partial charge is 0.457 e. The number of halogens is 3. The summed E-state index contributed by atoms with van der Waals surface area (Å²) in [5.74, 6) is 0.476. The van der Waals surface area contributed by atoms with E-state index in [4.69, 9.17) is 4.74 Å². The fraction of sp³-hybridized carbons (Fsp3) is 0.125. The topological polar surface area (TPSA) is 102 Å². The average Bonchev–Trinajstić information content (AvgIpc) is 2.76. The van der Waals surface area contributed by atoms with Crippen LogP contribution < -0.4 is 9.46 Å². The molecule has 0 spiro atoms. The van der Waals surface area contributed by atoms with Crippen molar-refractivity contribution >= 4 is 36.5 Å². The van der Waals surface area contributed by atoms with Gasteiger partial charge >= 0.3 is 6.18 Å². The first-order chi connectivity index (χ1) is 16.7. The number of alkyl halides is 3. The van der Waals surface area contributed by atoms with Crippen LogP contribution in [0.2, 0.25) is 0 Å². The molecular weight excluding hydrogens is 517 g/mol. The van der Waals surface area contributed by atoms with E-state index in [1.807, 2.05) is 0 Å².